The fourth-order valence-corrected chi connectivity index (χ4v) is 2.38. The Hall–Kier alpha value is -2.13. The standard InChI is InChI=1S/C18H20N2S/c1-2-14-19-18(21)20(17-11-7-4-8-12-17)15-13-16-9-5-3-6-10-16/h2-12H,1,13-15H2,(H,19,21). The highest BCUT2D eigenvalue weighted by Gasteiger charge is 2.11. The van der Waals surface area contributed by atoms with Crippen molar-refractivity contribution in [2.45, 2.75) is 6.42 Å². The Morgan fingerprint density at radius 2 is 1.67 bits per heavy atom. The van der Waals surface area contributed by atoms with Gasteiger partial charge >= 0.3 is 0 Å². The molecule has 0 heterocycles. The number of anilines is 1. The highest BCUT2D eigenvalue weighted by molar-refractivity contribution is 7.80. The predicted octanol–water partition coefficient (Wildman–Crippen LogP) is 3.80. The van der Waals surface area contributed by atoms with Gasteiger partial charge in [-0.3, -0.25) is 0 Å². The van der Waals surface area contributed by atoms with Gasteiger partial charge in [0.1, 0.15) is 0 Å². The zero-order chi connectivity index (χ0) is 14.9. The molecular weight excluding hydrogens is 276 g/mol. The molecule has 0 aliphatic heterocycles. The van der Waals surface area contributed by atoms with Gasteiger partial charge in [-0.2, -0.15) is 0 Å². The zero-order valence-electron chi connectivity index (χ0n) is 12.0. The normalized spacial score (nSPS) is 9.90. The first-order valence-corrected chi connectivity index (χ1v) is 7.47. The summed E-state index contributed by atoms with van der Waals surface area (Å²) in [5.74, 6) is 0. The Kier molecular flexibility index (Phi) is 5.98. The molecule has 108 valence electrons. The van der Waals surface area contributed by atoms with E-state index in [0.29, 0.717) is 6.54 Å². The van der Waals surface area contributed by atoms with Gasteiger partial charge < -0.3 is 10.2 Å². The molecule has 2 rings (SSSR count). The third-order valence-electron chi connectivity index (χ3n) is 3.18. The fourth-order valence-electron chi connectivity index (χ4n) is 2.10. The van der Waals surface area contributed by atoms with Gasteiger partial charge in [0.15, 0.2) is 5.11 Å². The van der Waals surface area contributed by atoms with E-state index in [4.69, 9.17) is 12.2 Å². The fraction of sp³-hybridized carbons (Fsp3) is 0.167. The van der Waals surface area contributed by atoms with E-state index in [1.165, 1.54) is 5.56 Å². The summed E-state index contributed by atoms with van der Waals surface area (Å²) in [5.41, 5.74) is 2.42. The van der Waals surface area contributed by atoms with Crippen molar-refractivity contribution in [2.75, 3.05) is 18.0 Å². The van der Waals surface area contributed by atoms with Crippen molar-refractivity contribution in [3.05, 3.63) is 78.9 Å². The van der Waals surface area contributed by atoms with Crippen LogP contribution in [0, 0.1) is 0 Å². The maximum absolute atomic E-state index is 5.51. The minimum atomic E-state index is 0.674. The highest BCUT2D eigenvalue weighted by Crippen LogP contribution is 2.14. The molecule has 0 atom stereocenters. The number of hydrogen-bond acceptors (Lipinski definition) is 1. The monoisotopic (exact) mass is 296 g/mol. The first-order valence-electron chi connectivity index (χ1n) is 7.06. The van der Waals surface area contributed by atoms with Crippen LogP contribution in [0.2, 0.25) is 0 Å². The summed E-state index contributed by atoms with van der Waals surface area (Å²) in [6.07, 6.45) is 2.76. The zero-order valence-corrected chi connectivity index (χ0v) is 12.9. The van der Waals surface area contributed by atoms with Gasteiger partial charge in [-0.25, -0.2) is 0 Å². The van der Waals surface area contributed by atoms with E-state index in [1.807, 2.05) is 30.3 Å². The van der Waals surface area contributed by atoms with Gasteiger partial charge in [0, 0.05) is 18.8 Å². The van der Waals surface area contributed by atoms with E-state index in [0.717, 1.165) is 23.8 Å². The number of thiocarbonyl (C=S) groups is 1. The molecule has 0 amide bonds. The third-order valence-corrected chi connectivity index (χ3v) is 3.54. The van der Waals surface area contributed by atoms with Crippen molar-refractivity contribution in [2.24, 2.45) is 0 Å². The molecule has 21 heavy (non-hydrogen) atoms. The molecule has 2 nitrogen and oxygen atoms in total. The second-order valence-corrected chi connectivity index (χ2v) is 5.08. The van der Waals surface area contributed by atoms with Gasteiger partial charge in [-0.1, -0.05) is 54.6 Å². The summed E-state index contributed by atoms with van der Waals surface area (Å²) < 4.78 is 0. The Morgan fingerprint density at radius 1 is 1.05 bits per heavy atom. The van der Waals surface area contributed by atoms with Crippen LogP contribution in [-0.4, -0.2) is 18.2 Å². The lowest BCUT2D eigenvalue weighted by Crippen LogP contribution is -2.41. The number of nitrogens with zero attached hydrogens (tertiary/aromatic N) is 1. The van der Waals surface area contributed by atoms with Crippen LogP contribution in [0.4, 0.5) is 5.69 Å². The second-order valence-electron chi connectivity index (χ2n) is 4.70. The smallest absolute Gasteiger partial charge is 0.173 e. The maximum Gasteiger partial charge on any atom is 0.173 e. The Bertz CT molecular complexity index is 566. The van der Waals surface area contributed by atoms with Gasteiger partial charge in [-0.15, -0.1) is 6.58 Å². The van der Waals surface area contributed by atoms with Crippen molar-refractivity contribution in [1.29, 1.82) is 0 Å². The molecule has 0 saturated heterocycles. The molecule has 0 aromatic heterocycles. The van der Waals surface area contributed by atoms with Crippen LogP contribution in [0.1, 0.15) is 5.56 Å². The number of nitrogens with one attached hydrogen (secondary N) is 1. The van der Waals surface area contributed by atoms with Gasteiger partial charge in [-0.05, 0) is 36.3 Å². The molecule has 0 bridgehead atoms. The summed E-state index contributed by atoms with van der Waals surface area (Å²) in [6, 6.07) is 20.7. The van der Waals surface area contributed by atoms with Crippen LogP contribution in [0.3, 0.4) is 0 Å². The van der Waals surface area contributed by atoms with Crippen molar-refractivity contribution < 1.29 is 0 Å². The molecule has 0 unspecified atom stereocenters. The predicted molar refractivity (Wildman–Crippen MR) is 94.7 cm³/mol. The van der Waals surface area contributed by atoms with E-state index < -0.39 is 0 Å². The summed E-state index contributed by atoms with van der Waals surface area (Å²) in [5, 5.41) is 3.94. The average Bonchev–Trinajstić information content (AvgIpc) is 2.55. The lowest BCUT2D eigenvalue weighted by Gasteiger charge is -2.25. The van der Waals surface area contributed by atoms with Gasteiger partial charge in [0.2, 0.25) is 0 Å². The molecule has 0 spiro atoms. The topological polar surface area (TPSA) is 15.3 Å². The van der Waals surface area contributed by atoms with Crippen molar-refractivity contribution >= 4 is 23.0 Å². The molecule has 0 radical (unpaired) electrons. The summed E-state index contributed by atoms with van der Waals surface area (Å²) in [6.45, 7) is 5.24. The molecule has 0 aliphatic rings. The second kappa shape index (κ2) is 8.22. The minimum Gasteiger partial charge on any atom is -0.359 e. The van der Waals surface area contributed by atoms with E-state index in [2.05, 4.69) is 53.2 Å². The summed E-state index contributed by atoms with van der Waals surface area (Å²) in [7, 11) is 0. The number of para-hydroxylation sites is 1. The summed E-state index contributed by atoms with van der Waals surface area (Å²) >= 11 is 5.51. The van der Waals surface area contributed by atoms with E-state index in [9.17, 15) is 0 Å². The Morgan fingerprint density at radius 3 is 2.29 bits per heavy atom. The molecule has 0 fully saturated rings. The molecule has 1 N–H and O–H groups in total. The van der Waals surface area contributed by atoms with Crippen molar-refractivity contribution in [1.82, 2.24) is 5.32 Å². The van der Waals surface area contributed by atoms with Crippen LogP contribution < -0.4 is 10.2 Å². The first kappa shape index (κ1) is 15.3. The number of benzene rings is 2. The SMILES string of the molecule is C=CCNC(=S)N(CCc1ccccc1)c1ccccc1. The highest BCUT2D eigenvalue weighted by atomic mass is 32.1. The molecule has 3 heteroatoms. The first-order chi connectivity index (χ1) is 10.3. The van der Waals surface area contributed by atoms with E-state index >= 15 is 0 Å². The van der Waals surface area contributed by atoms with Crippen molar-refractivity contribution in [3.63, 3.8) is 0 Å². The van der Waals surface area contributed by atoms with E-state index in [1.54, 1.807) is 0 Å². The van der Waals surface area contributed by atoms with Gasteiger partial charge in [0.05, 0.1) is 0 Å². The molecular formula is C18H20N2S. The minimum absolute atomic E-state index is 0.674. The molecule has 2 aromatic carbocycles. The lowest BCUT2D eigenvalue weighted by atomic mass is 10.1. The molecule has 0 aliphatic carbocycles. The number of rotatable bonds is 6. The largest absolute Gasteiger partial charge is 0.359 e. The van der Waals surface area contributed by atoms with Crippen LogP contribution in [0.5, 0.6) is 0 Å². The quantitative estimate of drug-likeness (QED) is 0.645. The Labute approximate surface area is 132 Å². The van der Waals surface area contributed by atoms with Crippen LogP contribution >= 0.6 is 12.2 Å². The van der Waals surface area contributed by atoms with Crippen molar-refractivity contribution in [3.8, 4) is 0 Å². The van der Waals surface area contributed by atoms with Crippen LogP contribution in [-0.2, 0) is 6.42 Å². The third kappa shape index (κ3) is 4.72. The molecule has 0 saturated carbocycles. The van der Waals surface area contributed by atoms with Gasteiger partial charge in [0.25, 0.3) is 0 Å². The van der Waals surface area contributed by atoms with Crippen LogP contribution in [0.15, 0.2) is 73.3 Å². The Balaban J connectivity index is 2.08. The lowest BCUT2D eigenvalue weighted by molar-refractivity contribution is 0.904. The maximum atomic E-state index is 5.51. The molecule has 2 aromatic rings. The van der Waals surface area contributed by atoms with Crippen LogP contribution in [0.25, 0.3) is 0 Å². The summed E-state index contributed by atoms with van der Waals surface area (Å²) in [4.78, 5) is 2.13. The number of hydrogen-bond donors (Lipinski definition) is 1. The average molecular weight is 296 g/mol. The van der Waals surface area contributed by atoms with E-state index in [-0.39, 0.29) is 0 Å².